The minimum Gasteiger partial charge on any atom is -0.494 e. The molecule has 0 fully saturated rings. The normalized spacial score (nSPS) is 11.2. The monoisotopic (exact) mass is 409 g/mol. The molecule has 4 heteroatoms. The van der Waals surface area contributed by atoms with Crippen molar-refractivity contribution in [3.8, 4) is 5.75 Å². The quantitative estimate of drug-likeness (QED) is 0.218. The van der Waals surface area contributed by atoms with Crippen molar-refractivity contribution in [3.63, 3.8) is 0 Å². The van der Waals surface area contributed by atoms with Gasteiger partial charge in [0.15, 0.2) is 0 Å². The molecule has 2 aromatic carbocycles. The third kappa shape index (κ3) is 9.91. The van der Waals surface area contributed by atoms with Crippen molar-refractivity contribution in [2.24, 2.45) is 10.2 Å². The Balaban J connectivity index is 1.58. The summed E-state index contributed by atoms with van der Waals surface area (Å²) in [5, 5.41) is 8.61. The van der Waals surface area contributed by atoms with Gasteiger partial charge in [-0.2, -0.15) is 10.2 Å². The maximum absolute atomic E-state index is 5.85. The molecular formula is C26H39N3O. The van der Waals surface area contributed by atoms with Crippen molar-refractivity contribution in [2.45, 2.75) is 71.1 Å². The van der Waals surface area contributed by atoms with Crippen LogP contribution in [0.5, 0.6) is 5.75 Å². The first-order chi connectivity index (χ1) is 14.7. The summed E-state index contributed by atoms with van der Waals surface area (Å²) >= 11 is 0. The molecule has 0 aliphatic heterocycles. The summed E-state index contributed by atoms with van der Waals surface area (Å²) in [6.45, 7) is 3.06. The van der Waals surface area contributed by atoms with E-state index in [0.29, 0.717) is 0 Å². The van der Waals surface area contributed by atoms with E-state index in [-0.39, 0.29) is 0 Å². The molecule has 0 heterocycles. The molecule has 164 valence electrons. The van der Waals surface area contributed by atoms with Crippen molar-refractivity contribution in [3.05, 3.63) is 48.5 Å². The number of nitrogens with zero attached hydrogens (tertiary/aromatic N) is 3. The van der Waals surface area contributed by atoms with Crippen molar-refractivity contribution >= 4 is 17.1 Å². The van der Waals surface area contributed by atoms with E-state index in [9.17, 15) is 0 Å². The summed E-state index contributed by atoms with van der Waals surface area (Å²) < 4.78 is 5.85. The van der Waals surface area contributed by atoms with Gasteiger partial charge in [0.1, 0.15) is 5.75 Å². The maximum atomic E-state index is 5.85. The zero-order valence-corrected chi connectivity index (χ0v) is 19.1. The Bertz CT molecular complexity index is 708. The lowest BCUT2D eigenvalue weighted by Gasteiger charge is -2.11. The van der Waals surface area contributed by atoms with Crippen LogP contribution in [-0.4, -0.2) is 20.7 Å². The van der Waals surface area contributed by atoms with E-state index < -0.39 is 0 Å². The average Bonchev–Trinajstić information content (AvgIpc) is 2.77. The zero-order chi connectivity index (χ0) is 21.4. The van der Waals surface area contributed by atoms with Gasteiger partial charge in [0.2, 0.25) is 0 Å². The van der Waals surface area contributed by atoms with Crippen LogP contribution in [0.3, 0.4) is 0 Å². The fraction of sp³-hybridized carbons (Fsp3) is 0.538. The Hall–Kier alpha value is -2.36. The minimum absolute atomic E-state index is 0.787. The van der Waals surface area contributed by atoms with E-state index in [1.807, 2.05) is 62.6 Å². The lowest BCUT2D eigenvalue weighted by molar-refractivity contribution is 0.304. The molecule has 0 aromatic heterocycles. The van der Waals surface area contributed by atoms with Gasteiger partial charge < -0.3 is 9.64 Å². The molecular weight excluding hydrogens is 370 g/mol. The summed E-state index contributed by atoms with van der Waals surface area (Å²) in [4.78, 5) is 2.06. The topological polar surface area (TPSA) is 37.2 Å². The van der Waals surface area contributed by atoms with E-state index in [1.54, 1.807) is 0 Å². The van der Waals surface area contributed by atoms with Crippen LogP contribution in [-0.2, 0) is 0 Å². The smallest absolute Gasteiger partial charge is 0.119 e. The molecule has 2 rings (SSSR count). The van der Waals surface area contributed by atoms with Gasteiger partial charge in [-0.05, 0) is 55.0 Å². The molecule has 0 aliphatic carbocycles. The third-order valence-corrected chi connectivity index (χ3v) is 5.25. The molecule has 4 nitrogen and oxygen atoms in total. The Morgan fingerprint density at radius 1 is 0.633 bits per heavy atom. The zero-order valence-electron chi connectivity index (χ0n) is 19.1. The summed E-state index contributed by atoms with van der Waals surface area (Å²) in [7, 11) is 4.05. The number of hydrogen-bond donors (Lipinski definition) is 0. The van der Waals surface area contributed by atoms with Gasteiger partial charge in [0.05, 0.1) is 18.0 Å². The lowest BCUT2D eigenvalue weighted by atomic mass is 10.1. The molecule has 0 spiro atoms. The van der Waals surface area contributed by atoms with Crippen LogP contribution in [0.25, 0.3) is 0 Å². The highest BCUT2D eigenvalue weighted by atomic mass is 16.5. The number of benzene rings is 2. The predicted octanol–water partition coefficient (Wildman–Crippen LogP) is 8.47. The summed E-state index contributed by atoms with van der Waals surface area (Å²) in [6.07, 6.45) is 13.4. The van der Waals surface area contributed by atoms with Crippen LogP contribution in [0.4, 0.5) is 17.1 Å². The van der Waals surface area contributed by atoms with Gasteiger partial charge in [-0.3, -0.25) is 0 Å². The van der Waals surface area contributed by atoms with Gasteiger partial charge in [-0.1, -0.05) is 64.7 Å². The highest BCUT2D eigenvalue weighted by Crippen LogP contribution is 2.23. The van der Waals surface area contributed by atoms with E-state index in [4.69, 9.17) is 4.74 Å². The van der Waals surface area contributed by atoms with Crippen LogP contribution in [0.15, 0.2) is 58.8 Å². The molecule has 30 heavy (non-hydrogen) atoms. The first-order valence-corrected chi connectivity index (χ1v) is 11.6. The second-order valence-corrected chi connectivity index (χ2v) is 8.14. The van der Waals surface area contributed by atoms with E-state index in [0.717, 1.165) is 35.8 Å². The van der Waals surface area contributed by atoms with Crippen molar-refractivity contribution < 1.29 is 4.74 Å². The second-order valence-electron chi connectivity index (χ2n) is 8.14. The molecule has 0 amide bonds. The SMILES string of the molecule is CCCCCCCCCCCCOc1ccc(N=Nc2ccc(N(C)C)cc2)cc1. The Labute approximate surface area is 183 Å². The molecule has 0 bridgehead atoms. The van der Waals surface area contributed by atoms with Crippen LogP contribution in [0.1, 0.15) is 71.1 Å². The third-order valence-electron chi connectivity index (χ3n) is 5.25. The number of anilines is 1. The standard InChI is InChI=1S/C26H39N3O/c1-4-5-6-7-8-9-10-11-12-13-22-30-26-20-16-24(17-21-26)28-27-23-14-18-25(19-15-23)29(2)3/h14-21H,4-13,22H2,1-3H3. The van der Waals surface area contributed by atoms with Gasteiger partial charge in [0, 0.05) is 19.8 Å². The van der Waals surface area contributed by atoms with Crippen LogP contribution in [0.2, 0.25) is 0 Å². The molecule has 0 saturated carbocycles. The van der Waals surface area contributed by atoms with Crippen LogP contribution < -0.4 is 9.64 Å². The Kier molecular flexibility index (Phi) is 11.6. The highest BCUT2D eigenvalue weighted by molar-refractivity contribution is 5.52. The molecule has 0 saturated heterocycles. The first-order valence-electron chi connectivity index (χ1n) is 11.6. The van der Waals surface area contributed by atoms with Crippen molar-refractivity contribution in [1.29, 1.82) is 0 Å². The molecule has 0 radical (unpaired) electrons. The number of rotatable bonds is 15. The van der Waals surface area contributed by atoms with Gasteiger partial charge >= 0.3 is 0 Å². The van der Waals surface area contributed by atoms with Gasteiger partial charge in [0.25, 0.3) is 0 Å². The van der Waals surface area contributed by atoms with Crippen molar-refractivity contribution in [1.82, 2.24) is 0 Å². The second kappa shape index (κ2) is 14.6. The molecule has 0 N–H and O–H groups in total. The molecule has 0 atom stereocenters. The fourth-order valence-electron chi connectivity index (χ4n) is 3.32. The van der Waals surface area contributed by atoms with E-state index >= 15 is 0 Å². The summed E-state index contributed by atoms with van der Waals surface area (Å²) in [6, 6.07) is 15.9. The predicted molar refractivity (Wildman–Crippen MR) is 129 cm³/mol. The number of hydrogen-bond acceptors (Lipinski definition) is 4. The Morgan fingerprint density at radius 3 is 1.60 bits per heavy atom. The fourth-order valence-corrected chi connectivity index (χ4v) is 3.32. The minimum atomic E-state index is 0.787. The average molecular weight is 410 g/mol. The maximum Gasteiger partial charge on any atom is 0.119 e. The van der Waals surface area contributed by atoms with Gasteiger partial charge in [-0.25, -0.2) is 0 Å². The largest absolute Gasteiger partial charge is 0.494 e. The molecule has 2 aromatic rings. The number of unbranched alkanes of at least 4 members (excludes halogenated alkanes) is 9. The Morgan fingerprint density at radius 2 is 1.10 bits per heavy atom. The van der Waals surface area contributed by atoms with E-state index in [2.05, 4.69) is 22.1 Å². The van der Waals surface area contributed by atoms with Gasteiger partial charge in [-0.15, -0.1) is 0 Å². The number of azo groups is 1. The summed E-state index contributed by atoms with van der Waals surface area (Å²) in [5.41, 5.74) is 2.83. The highest BCUT2D eigenvalue weighted by Gasteiger charge is 1.98. The van der Waals surface area contributed by atoms with E-state index in [1.165, 1.54) is 57.8 Å². The van der Waals surface area contributed by atoms with Crippen LogP contribution in [0, 0.1) is 0 Å². The molecule has 0 unspecified atom stereocenters. The lowest BCUT2D eigenvalue weighted by Crippen LogP contribution is -2.07. The first kappa shape index (κ1) is 23.9. The molecule has 0 aliphatic rings. The summed E-state index contributed by atoms with van der Waals surface area (Å²) in [5.74, 6) is 0.903. The van der Waals surface area contributed by atoms with Crippen LogP contribution >= 0.6 is 0 Å². The number of ether oxygens (including phenoxy) is 1. The van der Waals surface area contributed by atoms with Crippen molar-refractivity contribution in [2.75, 3.05) is 25.6 Å².